The van der Waals surface area contributed by atoms with E-state index in [1.54, 1.807) is 0 Å². The molecule has 0 aliphatic heterocycles. The van der Waals surface area contributed by atoms with Gasteiger partial charge in [-0.1, -0.05) is 65.2 Å². The minimum absolute atomic E-state index is 0. The molecule has 0 saturated heterocycles. The summed E-state index contributed by atoms with van der Waals surface area (Å²) in [4.78, 5) is 0. The van der Waals surface area contributed by atoms with Crippen LogP contribution in [0.25, 0.3) is 0 Å². The van der Waals surface area contributed by atoms with Crippen molar-refractivity contribution in [1.29, 1.82) is 0 Å². The van der Waals surface area contributed by atoms with Crippen molar-refractivity contribution >= 4 is 8.58 Å². The van der Waals surface area contributed by atoms with Crippen LogP contribution in [-0.2, 0) is 18.6 Å². The Kier molecular flexibility index (Phi) is 24.2. The Bertz CT molecular complexity index is 179. The van der Waals surface area contributed by atoms with Crippen LogP contribution in [0.5, 0.6) is 0 Å². The van der Waals surface area contributed by atoms with Gasteiger partial charge in [-0.25, -0.2) is 0 Å². The summed E-state index contributed by atoms with van der Waals surface area (Å²) in [7, 11) is 1.18. The Morgan fingerprint density at radius 3 is 2.00 bits per heavy atom. The molecule has 0 rings (SSSR count). The zero-order valence-corrected chi connectivity index (χ0v) is 17.0. The maximum atomic E-state index is 9.00. The van der Waals surface area contributed by atoms with E-state index in [0.717, 1.165) is 12.3 Å². The Labute approximate surface area is 148 Å². The van der Waals surface area contributed by atoms with E-state index in [-0.39, 0.29) is 18.6 Å². The van der Waals surface area contributed by atoms with Crippen molar-refractivity contribution in [2.45, 2.75) is 90.9 Å². The fourth-order valence-corrected chi connectivity index (χ4v) is 4.14. The Morgan fingerprint density at radius 2 is 1.33 bits per heavy atom. The minimum atomic E-state index is 0. The van der Waals surface area contributed by atoms with E-state index in [1.165, 1.54) is 91.5 Å². The number of unbranched alkanes of at least 4 members (excludes halogenated alkanes) is 6. The van der Waals surface area contributed by atoms with Crippen molar-refractivity contribution in [3.05, 3.63) is 0 Å². The van der Waals surface area contributed by atoms with E-state index >= 15 is 0 Å². The summed E-state index contributed by atoms with van der Waals surface area (Å²) in [5.41, 5.74) is 0. The van der Waals surface area contributed by atoms with Crippen LogP contribution in [0.3, 0.4) is 0 Å². The predicted octanol–water partition coefficient (Wildman–Crippen LogP) is 5.99. The van der Waals surface area contributed by atoms with Crippen LogP contribution in [0.2, 0.25) is 0 Å². The molecule has 0 amide bonds. The van der Waals surface area contributed by atoms with Crippen LogP contribution < -0.4 is 0 Å². The van der Waals surface area contributed by atoms with Crippen molar-refractivity contribution in [3.8, 4) is 0 Å². The quantitative estimate of drug-likeness (QED) is 0.267. The molecule has 127 valence electrons. The second kappa shape index (κ2) is 21.0. The zero-order valence-electron chi connectivity index (χ0n) is 14.6. The average molecular weight is 353 g/mol. The van der Waals surface area contributed by atoms with Crippen LogP contribution in [0, 0.1) is 5.92 Å². The van der Waals surface area contributed by atoms with Gasteiger partial charge in [0.1, 0.15) is 0 Å². The summed E-state index contributed by atoms with van der Waals surface area (Å²) >= 11 is 0. The Morgan fingerprint density at radius 1 is 0.714 bits per heavy atom. The summed E-state index contributed by atoms with van der Waals surface area (Å²) in [6, 6.07) is 0. The first-order chi connectivity index (χ1) is 9.85. The molecule has 21 heavy (non-hydrogen) atoms. The molecule has 0 heterocycles. The van der Waals surface area contributed by atoms with Gasteiger partial charge in [0, 0.05) is 25.2 Å². The van der Waals surface area contributed by atoms with E-state index in [2.05, 4.69) is 13.8 Å². The molecule has 1 radical (unpaired) electrons. The third-order valence-corrected chi connectivity index (χ3v) is 5.52. The first-order valence-electron chi connectivity index (χ1n) is 9.16. The first kappa shape index (κ1) is 24.2. The first-order valence-corrected chi connectivity index (χ1v) is 10.6. The SMILES string of the molecule is CCCCCCCPCCC(CCCO)CCCCC.[V]. The van der Waals surface area contributed by atoms with Gasteiger partial charge in [0.05, 0.1) is 0 Å². The third kappa shape index (κ3) is 18.9. The summed E-state index contributed by atoms with van der Waals surface area (Å²) in [6.07, 6.45) is 19.2. The smallest absolute Gasteiger partial charge is 0.0431 e. The molecule has 3 heteroatoms. The van der Waals surface area contributed by atoms with Crippen LogP contribution in [0.4, 0.5) is 0 Å². The fourth-order valence-electron chi connectivity index (χ4n) is 2.78. The second-order valence-electron chi connectivity index (χ2n) is 6.18. The number of hydrogen-bond donors (Lipinski definition) is 1. The van der Waals surface area contributed by atoms with Crippen molar-refractivity contribution in [2.24, 2.45) is 5.92 Å². The molecule has 0 aromatic carbocycles. The van der Waals surface area contributed by atoms with E-state index < -0.39 is 0 Å². The van der Waals surface area contributed by atoms with Gasteiger partial charge in [-0.2, -0.15) is 0 Å². The zero-order chi connectivity index (χ0) is 14.9. The Balaban J connectivity index is 0. The van der Waals surface area contributed by atoms with Crippen molar-refractivity contribution in [3.63, 3.8) is 0 Å². The molecule has 1 N–H and O–H groups in total. The van der Waals surface area contributed by atoms with Crippen molar-refractivity contribution in [1.82, 2.24) is 0 Å². The molecule has 0 aliphatic rings. The molecule has 2 atom stereocenters. The third-order valence-electron chi connectivity index (χ3n) is 4.17. The van der Waals surface area contributed by atoms with Crippen LogP contribution in [0.15, 0.2) is 0 Å². The van der Waals surface area contributed by atoms with Crippen molar-refractivity contribution in [2.75, 3.05) is 18.9 Å². The molecule has 2 unspecified atom stereocenters. The minimum Gasteiger partial charge on any atom is -0.396 e. The number of rotatable bonds is 16. The molecule has 0 aromatic rings. The average Bonchev–Trinajstić information content (AvgIpc) is 2.47. The fraction of sp³-hybridized carbons (Fsp3) is 1.00. The summed E-state index contributed by atoms with van der Waals surface area (Å²) < 4.78 is 0. The topological polar surface area (TPSA) is 20.2 Å². The van der Waals surface area contributed by atoms with Crippen LogP contribution in [-0.4, -0.2) is 24.0 Å². The molecule has 1 nitrogen and oxygen atoms in total. The molecule has 0 fully saturated rings. The molecule has 0 saturated carbocycles. The van der Waals surface area contributed by atoms with Crippen LogP contribution >= 0.6 is 8.58 Å². The molecule has 0 aliphatic carbocycles. The van der Waals surface area contributed by atoms with Crippen molar-refractivity contribution < 1.29 is 23.7 Å². The molecule has 0 aromatic heterocycles. The Hall–Kier alpha value is 0.974. The van der Waals surface area contributed by atoms with E-state index in [0.29, 0.717) is 6.61 Å². The van der Waals surface area contributed by atoms with E-state index in [9.17, 15) is 0 Å². The maximum Gasteiger partial charge on any atom is 0.0431 e. The van der Waals surface area contributed by atoms with Crippen LogP contribution in [0.1, 0.15) is 90.9 Å². The van der Waals surface area contributed by atoms with E-state index in [4.69, 9.17) is 5.11 Å². The predicted molar refractivity (Wildman–Crippen MR) is 95.4 cm³/mol. The maximum absolute atomic E-state index is 9.00. The molecular weight excluding hydrogens is 314 g/mol. The summed E-state index contributed by atoms with van der Waals surface area (Å²) in [5.74, 6) is 0.890. The van der Waals surface area contributed by atoms with Gasteiger partial charge in [0.2, 0.25) is 0 Å². The summed E-state index contributed by atoms with van der Waals surface area (Å²) in [6.45, 7) is 4.94. The number of aliphatic hydroxyl groups is 1. The largest absolute Gasteiger partial charge is 0.396 e. The molecule has 0 bridgehead atoms. The standard InChI is InChI=1S/C18H39OP.V/c1-3-5-7-8-10-16-20-17-14-18(13-11-15-19)12-9-6-4-2;/h18-20H,3-17H2,1-2H3;. The van der Waals surface area contributed by atoms with Gasteiger partial charge in [0.25, 0.3) is 0 Å². The van der Waals surface area contributed by atoms with Gasteiger partial charge in [0.15, 0.2) is 0 Å². The molecule has 0 spiro atoms. The second-order valence-corrected chi connectivity index (χ2v) is 7.68. The number of hydrogen-bond acceptors (Lipinski definition) is 1. The van der Waals surface area contributed by atoms with Gasteiger partial charge in [-0.05, 0) is 43.9 Å². The summed E-state index contributed by atoms with van der Waals surface area (Å²) in [5, 5.41) is 9.00. The van der Waals surface area contributed by atoms with E-state index in [1.807, 2.05) is 0 Å². The normalized spacial score (nSPS) is 12.7. The van der Waals surface area contributed by atoms with Gasteiger partial charge in [-0.3, -0.25) is 0 Å². The number of aliphatic hydroxyl groups excluding tert-OH is 1. The van der Waals surface area contributed by atoms with Gasteiger partial charge in [-0.15, -0.1) is 8.58 Å². The van der Waals surface area contributed by atoms with Gasteiger partial charge >= 0.3 is 0 Å². The molecular formula is C18H39OPV. The van der Waals surface area contributed by atoms with Gasteiger partial charge < -0.3 is 5.11 Å². The monoisotopic (exact) mass is 353 g/mol.